The van der Waals surface area contributed by atoms with Crippen molar-refractivity contribution in [1.29, 1.82) is 5.26 Å². The summed E-state index contributed by atoms with van der Waals surface area (Å²) in [5, 5.41) is 23.7. The number of morpholine rings is 1. The standard InChI is InChI=1S/C20H22N4O4/c1-27-17-5-3-16(4-6-17)20(23-8-10-28-11-9-23)14-22-18-12-15(13-21)2-7-19(18)24(25)26/h2-7,12,20,22H,8-11,14H2,1H3. The normalized spacial score (nSPS) is 15.4. The van der Waals surface area contributed by atoms with Crippen LogP contribution < -0.4 is 10.1 Å². The van der Waals surface area contributed by atoms with Crippen LogP contribution in [0.1, 0.15) is 17.2 Å². The molecular weight excluding hydrogens is 360 g/mol. The number of ether oxygens (including phenoxy) is 2. The minimum Gasteiger partial charge on any atom is -0.497 e. The number of nitrogens with one attached hydrogen (secondary N) is 1. The maximum Gasteiger partial charge on any atom is 0.292 e. The van der Waals surface area contributed by atoms with E-state index in [1.165, 1.54) is 18.2 Å². The zero-order chi connectivity index (χ0) is 19.9. The molecule has 8 heteroatoms. The van der Waals surface area contributed by atoms with Crippen LogP contribution in [0.2, 0.25) is 0 Å². The van der Waals surface area contributed by atoms with Gasteiger partial charge in [0.15, 0.2) is 0 Å². The van der Waals surface area contributed by atoms with Gasteiger partial charge >= 0.3 is 0 Å². The molecule has 3 rings (SSSR count). The molecule has 0 bridgehead atoms. The van der Waals surface area contributed by atoms with Crippen LogP contribution in [-0.2, 0) is 4.74 Å². The zero-order valence-corrected chi connectivity index (χ0v) is 15.6. The summed E-state index contributed by atoms with van der Waals surface area (Å²) in [4.78, 5) is 13.2. The SMILES string of the molecule is COc1ccc(C(CNc2cc(C#N)ccc2[N+](=O)[O-])N2CCOCC2)cc1. The number of methoxy groups -OCH3 is 1. The fraction of sp³-hybridized carbons (Fsp3) is 0.350. The molecule has 1 unspecified atom stereocenters. The predicted molar refractivity (Wildman–Crippen MR) is 104 cm³/mol. The Hall–Kier alpha value is -3.15. The highest BCUT2D eigenvalue weighted by atomic mass is 16.6. The number of hydrogen-bond donors (Lipinski definition) is 1. The second kappa shape index (κ2) is 9.17. The Labute approximate surface area is 163 Å². The van der Waals surface area contributed by atoms with Gasteiger partial charge in [-0.1, -0.05) is 12.1 Å². The summed E-state index contributed by atoms with van der Waals surface area (Å²) in [5.41, 5.74) is 1.75. The van der Waals surface area contributed by atoms with Crippen molar-refractivity contribution < 1.29 is 14.4 Å². The fourth-order valence-corrected chi connectivity index (χ4v) is 3.29. The van der Waals surface area contributed by atoms with Crippen molar-refractivity contribution in [2.75, 3.05) is 45.3 Å². The lowest BCUT2D eigenvalue weighted by atomic mass is 10.0. The molecule has 0 aromatic heterocycles. The Morgan fingerprint density at radius 1 is 1.29 bits per heavy atom. The van der Waals surface area contributed by atoms with E-state index in [1.807, 2.05) is 30.3 Å². The van der Waals surface area contributed by atoms with E-state index >= 15 is 0 Å². The molecule has 0 saturated carbocycles. The molecule has 0 radical (unpaired) electrons. The molecule has 2 aromatic carbocycles. The van der Waals surface area contributed by atoms with Gasteiger partial charge in [-0.05, 0) is 29.8 Å². The second-order valence-corrected chi connectivity index (χ2v) is 6.42. The Morgan fingerprint density at radius 3 is 2.61 bits per heavy atom. The summed E-state index contributed by atoms with van der Waals surface area (Å²) < 4.78 is 10.7. The van der Waals surface area contributed by atoms with E-state index in [1.54, 1.807) is 7.11 Å². The van der Waals surface area contributed by atoms with Crippen molar-refractivity contribution in [2.45, 2.75) is 6.04 Å². The van der Waals surface area contributed by atoms with Crippen LogP contribution in [0.4, 0.5) is 11.4 Å². The number of rotatable bonds is 7. The molecule has 8 nitrogen and oxygen atoms in total. The molecule has 2 aromatic rings. The fourth-order valence-electron chi connectivity index (χ4n) is 3.29. The summed E-state index contributed by atoms with van der Waals surface area (Å²) in [6, 6.07) is 14.2. The maximum atomic E-state index is 11.4. The van der Waals surface area contributed by atoms with Gasteiger partial charge in [0, 0.05) is 25.7 Å². The summed E-state index contributed by atoms with van der Waals surface area (Å²) in [6.45, 7) is 3.31. The molecule has 1 aliphatic rings. The largest absolute Gasteiger partial charge is 0.497 e. The van der Waals surface area contributed by atoms with E-state index < -0.39 is 4.92 Å². The molecule has 1 atom stereocenters. The lowest BCUT2D eigenvalue weighted by Gasteiger charge is -2.35. The number of nitro groups is 1. The highest BCUT2D eigenvalue weighted by Gasteiger charge is 2.24. The van der Waals surface area contributed by atoms with Gasteiger partial charge in [0.2, 0.25) is 0 Å². The highest BCUT2D eigenvalue weighted by molar-refractivity contribution is 5.64. The van der Waals surface area contributed by atoms with E-state index in [9.17, 15) is 10.1 Å². The number of hydrogen-bond acceptors (Lipinski definition) is 7. The minimum absolute atomic E-state index is 0.000141. The Bertz CT molecular complexity index is 857. The van der Waals surface area contributed by atoms with Crippen LogP contribution in [0.5, 0.6) is 5.75 Å². The Morgan fingerprint density at radius 2 is 2.00 bits per heavy atom. The van der Waals surface area contributed by atoms with Gasteiger partial charge in [-0.2, -0.15) is 5.26 Å². The Kier molecular flexibility index (Phi) is 6.42. The maximum absolute atomic E-state index is 11.4. The van der Waals surface area contributed by atoms with Crippen molar-refractivity contribution in [3.63, 3.8) is 0 Å². The summed E-state index contributed by atoms with van der Waals surface area (Å²) >= 11 is 0. The first-order chi connectivity index (χ1) is 13.6. The molecule has 0 spiro atoms. The van der Waals surface area contributed by atoms with Crippen LogP contribution in [0, 0.1) is 21.4 Å². The number of nitrogens with zero attached hydrogens (tertiary/aromatic N) is 3. The van der Waals surface area contributed by atoms with Gasteiger partial charge in [0.05, 0.1) is 42.9 Å². The molecule has 146 valence electrons. The number of nitriles is 1. The van der Waals surface area contributed by atoms with Crippen molar-refractivity contribution in [3.8, 4) is 11.8 Å². The lowest BCUT2D eigenvalue weighted by Crippen LogP contribution is -2.41. The third kappa shape index (κ3) is 4.57. The molecule has 1 heterocycles. The van der Waals surface area contributed by atoms with Crippen LogP contribution in [0.3, 0.4) is 0 Å². The number of nitro benzene ring substituents is 1. The monoisotopic (exact) mass is 382 g/mol. The van der Waals surface area contributed by atoms with Gasteiger partial charge in [0.25, 0.3) is 5.69 Å². The van der Waals surface area contributed by atoms with Gasteiger partial charge < -0.3 is 14.8 Å². The van der Waals surface area contributed by atoms with Crippen LogP contribution in [-0.4, -0.2) is 49.8 Å². The lowest BCUT2D eigenvalue weighted by molar-refractivity contribution is -0.384. The van der Waals surface area contributed by atoms with Crippen molar-refractivity contribution in [2.24, 2.45) is 0 Å². The number of benzene rings is 2. The van der Waals surface area contributed by atoms with E-state index in [-0.39, 0.29) is 11.7 Å². The van der Waals surface area contributed by atoms with Crippen LogP contribution in [0.25, 0.3) is 0 Å². The van der Waals surface area contributed by atoms with Crippen LogP contribution in [0.15, 0.2) is 42.5 Å². The third-order valence-corrected chi connectivity index (χ3v) is 4.80. The smallest absolute Gasteiger partial charge is 0.292 e. The van der Waals surface area contributed by atoms with Crippen molar-refractivity contribution >= 4 is 11.4 Å². The number of anilines is 1. The first-order valence-corrected chi connectivity index (χ1v) is 9.00. The average molecular weight is 382 g/mol. The van der Waals surface area contributed by atoms with Gasteiger partial charge in [-0.15, -0.1) is 0 Å². The third-order valence-electron chi connectivity index (χ3n) is 4.80. The molecule has 1 N–H and O–H groups in total. The molecular formula is C20H22N4O4. The minimum atomic E-state index is -0.444. The van der Waals surface area contributed by atoms with Crippen molar-refractivity contribution in [3.05, 3.63) is 63.7 Å². The molecule has 1 fully saturated rings. The van der Waals surface area contributed by atoms with Crippen LogP contribution >= 0.6 is 0 Å². The van der Waals surface area contributed by atoms with Gasteiger partial charge in [0.1, 0.15) is 11.4 Å². The van der Waals surface area contributed by atoms with Gasteiger partial charge in [-0.25, -0.2) is 0 Å². The van der Waals surface area contributed by atoms with Crippen molar-refractivity contribution in [1.82, 2.24) is 4.90 Å². The first kappa shape index (κ1) is 19.6. The summed E-state index contributed by atoms with van der Waals surface area (Å²) in [6.07, 6.45) is 0. The Balaban J connectivity index is 1.85. The summed E-state index contributed by atoms with van der Waals surface area (Å²) in [7, 11) is 1.62. The molecule has 1 saturated heterocycles. The molecule has 0 amide bonds. The molecule has 0 aliphatic carbocycles. The first-order valence-electron chi connectivity index (χ1n) is 9.00. The van der Waals surface area contributed by atoms with E-state index in [0.29, 0.717) is 31.0 Å². The molecule has 28 heavy (non-hydrogen) atoms. The highest BCUT2D eigenvalue weighted by Crippen LogP contribution is 2.29. The van der Waals surface area contributed by atoms with Gasteiger partial charge in [-0.3, -0.25) is 15.0 Å². The molecule has 1 aliphatic heterocycles. The summed E-state index contributed by atoms with van der Waals surface area (Å²) in [5.74, 6) is 0.773. The quantitative estimate of drug-likeness (QED) is 0.580. The predicted octanol–water partition coefficient (Wildman–Crippen LogP) is 2.96. The zero-order valence-electron chi connectivity index (χ0n) is 15.6. The topological polar surface area (TPSA) is 101 Å². The average Bonchev–Trinajstić information content (AvgIpc) is 2.74. The second-order valence-electron chi connectivity index (χ2n) is 6.42. The van der Waals surface area contributed by atoms with E-state index in [2.05, 4.69) is 10.2 Å². The van der Waals surface area contributed by atoms with E-state index in [0.717, 1.165) is 24.4 Å². The van der Waals surface area contributed by atoms with E-state index in [4.69, 9.17) is 14.7 Å².